The second-order valence-corrected chi connectivity index (χ2v) is 5.20. The van der Waals surface area contributed by atoms with E-state index in [0.717, 1.165) is 18.4 Å². The lowest BCUT2D eigenvalue weighted by Crippen LogP contribution is -2.35. The summed E-state index contributed by atoms with van der Waals surface area (Å²) in [5.41, 5.74) is 9.14. The highest BCUT2D eigenvalue weighted by atomic mass is 16.1. The van der Waals surface area contributed by atoms with Crippen LogP contribution in [0.15, 0.2) is 54.6 Å². The molecule has 2 atom stereocenters. The Morgan fingerprint density at radius 3 is 2.55 bits per heavy atom. The first-order chi connectivity index (χ1) is 9.75. The Balaban J connectivity index is 1.84. The molecule has 1 aliphatic rings. The predicted molar refractivity (Wildman–Crippen MR) is 79.0 cm³/mol. The van der Waals surface area contributed by atoms with Crippen molar-refractivity contribution in [3.05, 3.63) is 71.3 Å². The van der Waals surface area contributed by atoms with Gasteiger partial charge in [0.25, 0.3) is 0 Å². The molecule has 3 nitrogen and oxygen atoms in total. The molecule has 3 rings (SSSR count). The molecule has 3 N–H and O–H groups in total. The molecule has 20 heavy (non-hydrogen) atoms. The molecule has 0 heterocycles. The number of hydrogen-bond acceptors (Lipinski definition) is 2. The van der Waals surface area contributed by atoms with Gasteiger partial charge in [-0.1, -0.05) is 54.6 Å². The number of nitrogens with one attached hydrogen (secondary N) is 1. The van der Waals surface area contributed by atoms with Gasteiger partial charge in [-0.25, -0.2) is 0 Å². The SMILES string of the molecule is NC(=O)[C@H](N[C@@H]1CCc2ccccc21)c1ccccc1. The molecule has 1 amide bonds. The number of carbonyl (C=O) groups excluding carboxylic acids is 1. The van der Waals surface area contributed by atoms with Crippen LogP contribution in [-0.4, -0.2) is 5.91 Å². The molecule has 0 saturated heterocycles. The van der Waals surface area contributed by atoms with E-state index in [2.05, 4.69) is 23.5 Å². The van der Waals surface area contributed by atoms with E-state index >= 15 is 0 Å². The van der Waals surface area contributed by atoms with Crippen LogP contribution in [-0.2, 0) is 11.2 Å². The van der Waals surface area contributed by atoms with Crippen molar-refractivity contribution in [3.63, 3.8) is 0 Å². The topological polar surface area (TPSA) is 55.1 Å². The third kappa shape index (κ3) is 2.45. The first-order valence-electron chi connectivity index (χ1n) is 6.94. The Morgan fingerprint density at radius 2 is 1.80 bits per heavy atom. The number of rotatable bonds is 4. The Morgan fingerprint density at radius 1 is 1.10 bits per heavy atom. The van der Waals surface area contributed by atoms with Crippen LogP contribution in [0, 0.1) is 0 Å². The molecule has 3 heteroatoms. The number of fused-ring (bicyclic) bond motifs is 1. The van der Waals surface area contributed by atoms with Crippen molar-refractivity contribution < 1.29 is 4.79 Å². The molecule has 0 saturated carbocycles. The van der Waals surface area contributed by atoms with E-state index in [1.54, 1.807) is 0 Å². The number of amides is 1. The summed E-state index contributed by atoms with van der Waals surface area (Å²) < 4.78 is 0. The molecule has 2 aromatic rings. The number of primary amides is 1. The zero-order valence-corrected chi connectivity index (χ0v) is 11.3. The molecule has 2 aromatic carbocycles. The van der Waals surface area contributed by atoms with E-state index in [1.807, 2.05) is 36.4 Å². The number of benzene rings is 2. The van der Waals surface area contributed by atoms with Gasteiger partial charge in [-0.05, 0) is 29.5 Å². The monoisotopic (exact) mass is 266 g/mol. The molecule has 0 unspecified atom stereocenters. The Labute approximate surface area is 118 Å². The van der Waals surface area contributed by atoms with E-state index in [0.29, 0.717) is 0 Å². The van der Waals surface area contributed by atoms with Gasteiger partial charge in [-0.2, -0.15) is 0 Å². The Kier molecular flexibility index (Phi) is 3.52. The van der Waals surface area contributed by atoms with Crippen molar-refractivity contribution in [1.82, 2.24) is 5.32 Å². The van der Waals surface area contributed by atoms with Crippen molar-refractivity contribution in [2.45, 2.75) is 24.9 Å². The fraction of sp³-hybridized carbons (Fsp3) is 0.235. The van der Waals surface area contributed by atoms with Gasteiger partial charge in [0.15, 0.2) is 0 Å². The fourth-order valence-corrected chi connectivity index (χ4v) is 2.92. The number of nitrogens with two attached hydrogens (primary N) is 1. The van der Waals surface area contributed by atoms with Gasteiger partial charge in [0, 0.05) is 6.04 Å². The average Bonchev–Trinajstić information content (AvgIpc) is 2.88. The predicted octanol–water partition coefficient (Wildman–Crippen LogP) is 2.49. The van der Waals surface area contributed by atoms with Crippen LogP contribution < -0.4 is 11.1 Å². The molecule has 0 fully saturated rings. The molecule has 0 radical (unpaired) electrons. The van der Waals surface area contributed by atoms with E-state index in [9.17, 15) is 4.79 Å². The van der Waals surface area contributed by atoms with Crippen LogP contribution in [0.4, 0.5) is 0 Å². The molecule has 102 valence electrons. The summed E-state index contributed by atoms with van der Waals surface area (Å²) in [6.07, 6.45) is 2.06. The summed E-state index contributed by atoms with van der Waals surface area (Å²) in [4.78, 5) is 11.8. The maximum atomic E-state index is 11.8. The minimum atomic E-state index is -0.438. The van der Waals surface area contributed by atoms with Crippen LogP contribution in [0.2, 0.25) is 0 Å². The van der Waals surface area contributed by atoms with Gasteiger partial charge in [-0.15, -0.1) is 0 Å². The van der Waals surface area contributed by atoms with Crippen LogP contribution in [0.25, 0.3) is 0 Å². The highest BCUT2D eigenvalue weighted by Gasteiger charge is 2.27. The van der Waals surface area contributed by atoms with Crippen molar-refractivity contribution in [1.29, 1.82) is 0 Å². The van der Waals surface area contributed by atoms with Crippen molar-refractivity contribution in [3.8, 4) is 0 Å². The summed E-state index contributed by atoms with van der Waals surface area (Å²) >= 11 is 0. The summed E-state index contributed by atoms with van der Waals surface area (Å²) in [5, 5.41) is 3.41. The average molecular weight is 266 g/mol. The molecular formula is C17H18N2O. The quantitative estimate of drug-likeness (QED) is 0.893. The van der Waals surface area contributed by atoms with Gasteiger partial charge in [-0.3, -0.25) is 10.1 Å². The second kappa shape index (κ2) is 5.47. The number of hydrogen-bond donors (Lipinski definition) is 2. The van der Waals surface area contributed by atoms with E-state index in [-0.39, 0.29) is 11.9 Å². The lowest BCUT2D eigenvalue weighted by atomic mass is 10.0. The molecule has 1 aliphatic carbocycles. The van der Waals surface area contributed by atoms with Crippen LogP contribution in [0.3, 0.4) is 0 Å². The lowest BCUT2D eigenvalue weighted by Gasteiger charge is -2.21. The van der Waals surface area contributed by atoms with Gasteiger partial charge in [0.1, 0.15) is 6.04 Å². The van der Waals surface area contributed by atoms with Crippen LogP contribution >= 0.6 is 0 Å². The lowest BCUT2D eigenvalue weighted by molar-refractivity contribution is -0.120. The largest absolute Gasteiger partial charge is 0.368 e. The van der Waals surface area contributed by atoms with Crippen LogP contribution in [0.5, 0.6) is 0 Å². The minimum Gasteiger partial charge on any atom is -0.368 e. The van der Waals surface area contributed by atoms with Crippen molar-refractivity contribution in [2.75, 3.05) is 0 Å². The summed E-state index contributed by atoms with van der Waals surface area (Å²) in [6.45, 7) is 0. The third-order valence-corrected chi connectivity index (χ3v) is 3.92. The van der Waals surface area contributed by atoms with Gasteiger partial charge in [0.2, 0.25) is 5.91 Å². The molecule has 0 aliphatic heterocycles. The normalized spacial score (nSPS) is 18.5. The van der Waals surface area contributed by atoms with E-state index in [4.69, 9.17) is 5.73 Å². The smallest absolute Gasteiger partial charge is 0.239 e. The first-order valence-corrected chi connectivity index (χ1v) is 6.94. The standard InChI is InChI=1S/C17H18N2O/c18-17(20)16(13-7-2-1-3-8-13)19-15-11-10-12-6-4-5-9-14(12)15/h1-9,15-16,19H,10-11H2,(H2,18,20)/t15-,16-/m1/s1. The van der Waals surface area contributed by atoms with E-state index < -0.39 is 6.04 Å². The minimum absolute atomic E-state index is 0.198. The summed E-state index contributed by atoms with van der Waals surface area (Å²) in [5.74, 6) is -0.333. The molecule has 0 spiro atoms. The molecule has 0 aromatic heterocycles. The second-order valence-electron chi connectivity index (χ2n) is 5.20. The maximum Gasteiger partial charge on any atom is 0.239 e. The van der Waals surface area contributed by atoms with Gasteiger partial charge >= 0.3 is 0 Å². The Hall–Kier alpha value is -2.13. The van der Waals surface area contributed by atoms with Crippen molar-refractivity contribution >= 4 is 5.91 Å². The highest BCUT2D eigenvalue weighted by molar-refractivity contribution is 5.81. The third-order valence-electron chi connectivity index (χ3n) is 3.92. The highest BCUT2D eigenvalue weighted by Crippen LogP contribution is 2.32. The number of aryl methyl sites for hydroxylation is 1. The summed E-state index contributed by atoms with van der Waals surface area (Å²) in [6, 6.07) is 17.8. The van der Waals surface area contributed by atoms with Gasteiger partial charge < -0.3 is 5.73 Å². The number of carbonyl (C=O) groups is 1. The fourth-order valence-electron chi connectivity index (χ4n) is 2.92. The zero-order chi connectivity index (χ0) is 13.9. The molecular weight excluding hydrogens is 248 g/mol. The molecule has 0 bridgehead atoms. The van der Waals surface area contributed by atoms with Crippen molar-refractivity contribution in [2.24, 2.45) is 5.73 Å². The summed E-state index contributed by atoms with van der Waals surface area (Å²) in [7, 11) is 0. The first kappa shape index (κ1) is 12.9. The van der Waals surface area contributed by atoms with E-state index in [1.165, 1.54) is 11.1 Å². The Bertz CT molecular complexity index is 609. The maximum absolute atomic E-state index is 11.8. The van der Waals surface area contributed by atoms with Gasteiger partial charge in [0.05, 0.1) is 0 Å². The zero-order valence-electron chi connectivity index (χ0n) is 11.3. The van der Waals surface area contributed by atoms with Crippen LogP contribution in [0.1, 0.15) is 35.2 Å².